The summed E-state index contributed by atoms with van der Waals surface area (Å²) in [5.41, 5.74) is 0.770. The van der Waals surface area contributed by atoms with Gasteiger partial charge in [0.2, 0.25) is 0 Å². The molecule has 0 saturated carbocycles. The van der Waals surface area contributed by atoms with Crippen LogP contribution in [0.4, 0.5) is 13.2 Å². The first-order valence-corrected chi connectivity index (χ1v) is 10.6. The summed E-state index contributed by atoms with van der Waals surface area (Å²) in [6.07, 6.45) is -1.24. The van der Waals surface area contributed by atoms with Crippen LogP contribution in [0.5, 0.6) is 0 Å². The van der Waals surface area contributed by atoms with Crippen LogP contribution in [0, 0.1) is 5.92 Å². The lowest BCUT2D eigenvalue weighted by atomic mass is 9.81. The maximum atomic E-state index is 13.2. The van der Waals surface area contributed by atoms with E-state index in [2.05, 4.69) is 4.90 Å². The first-order valence-electron chi connectivity index (χ1n) is 10.6. The van der Waals surface area contributed by atoms with Gasteiger partial charge in [0, 0.05) is 56.1 Å². The van der Waals surface area contributed by atoms with Crippen LogP contribution in [-0.2, 0) is 17.5 Å². The molecule has 3 aliphatic heterocycles. The van der Waals surface area contributed by atoms with Gasteiger partial charge in [-0.05, 0) is 55.0 Å². The number of pyridine rings is 1. The molecule has 4 nitrogen and oxygen atoms in total. The minimum atomic E-state index is -4.43. The highest BCUT2D eigenvalue weighted by Crippen LogP contribution is 2.38. The summed E-state index contributed by atoms with van der Waals surface area (Å²) >= 11 is 0. The molecular formula is C23H25F3N2O2. The minimum Gasteiger partial charge on any atom is -0.381 e. The van der Waals surface area contributed by atoms with Gasteiger partial charge in [-0.15, -0.1) is 0 Å². The average molecular weight is 418 g/mol. The number of aromatic nitrogens is 1. The SMILES string of the molecule is O=c1c(-c2cccc(C(F)(F)F)c2)ccc2n1CC1CC2CN(C2CCOCC2)C1. The third-order valence-corrected chi connectivity index (χ3v) is 6.84. The van der Waals surface area contributed by atoms with Gasteiger partial charge in [0.05, 0.1) is 5.56 Å². The van der Waals surface area contributed by atoms with E-state index < -0.39 is 11.7 Å². The van der Waals surface area contributed by atoms with Gasteiger partial charge in [0.1, 0.15) is 0 Å². The van der Waals surface area contributed by atoms with Gasteiger partial charge >= 0.3 is 6.18 Å². The number of nitrogens with zero attached hydrogens (tertiary/aromatic N) is 2. The Morgan fingerprint density at radius 3 is 2.57 bits per heavy atom. The number of alkyl halides is 3. The van der Waals surface area contributed by atoms with Crippen molar-refractivity contribution in [3.05, 3.63) is 58.0 Å². The van der Waals surface area contributed by atoms with Crippen LogP contribution in [0.25, 0.3) is 11.1 Å². The van der Waals surface area contributed by atoms with Crippen molar-refractivity contribution in [2.24, 2.45) is 5.92 Å². The summed E-state index contributed by atoms with van der Waals surface area (Å²) in [5, 5.41) is 0. The van der Waals surface area contributed by atoms with E-state index in [0.717, 1.165) is 63.4 Å². The topological polar surface area (TPSA) is 34.5 Å². The number of halogens is 3. The quantitative estimate of drug-likeness (QED) is 0.736. The minimum absolute atomic E-state index is 0.180. The maximum Gasteiger partial charge on any atom is 0.416 e. The van der Waals surface area contributed by atoms with Crippen LogP contribution in [0.2, 0.25) is 0 Å². The largest absolute Gasteiger partial charge is 0.416 e. The summed E-state index contributed by atoms with van der Waals surface area (Å²) in [5.74, 6) is 0.692. The van der Waals surface area contributed by atoms with Gasteiger partial charge in [0.15, 0.2) is 0 Å². The third-order valence-electron chi connectivity index (χ3n) is 6.84. The number of hydrogen-bond donors (Lipinski definition) is 0. The molecule has 3 aliphatic rings. The van der Waals surface area contributed by atoms with Crippen LogP contribution in [-0.4, -0.2) is 41.8 Å². The van der Waals surface area contributed by atoms with Crippen molar-refractivity contribution < 1.29 is 17.9 Å². The van der Waals surface area contributed by atoms with Crippen molar-refractivity contribution in [1.29, 1.82) is 0 Å². The molecule has 2 saturated heterocycles. The number of ether oxygens (including phenoxy) is 1. The number of rotatable bonds is 2. The molecule has 2 unspecified atom stereocenters. The lowest BCUT2D eigenvalue weighted by molar-refractivity contribution is -0.137. The number of benzene rings is 1. The van der Waals surface area contributed by atoms with Crippen LogP contribution in [0.15, 0.2) is 41.2 Å². The maximum absolute atomic E-state index is 13.2. The van der Waals surface area contributed by atoms with Gasteiger partial charge in [-0.1, -0.05) is 12.1 Å². The molecule has 0 N–H and O–H groups in total. The van der Waals surface area contributed by atoms with E-state index in [4.69, 9.17) is 4.74 Å². The van der Waals surface area contributed by atoms with Gasteiger partial charge in [-0.2, -0.15) is 13.2 Å². The molecule has 1 aromatic carbocycles. The van der Waals surface area contributed by atoms with Crippen LogP contribution >= 0.6 is 0 Å². The molecule has 2 fully saturated rings. The fourth-order valence-corrected chi connectivity index (χ4v) is 5.41. The zero-order valence-electron chi connectivity index (χ0n) is 16.7. The summed E-state index contributed by atoms with van der Waals surface area (Å²) in [4.78, 5) is 15.8. The molecule has 2 bridgehead atoms. The van der Waals surface area contributed by atoms with Crippen LogP contribution < -0.4 is 5.56 Å². The summed E-state index contributed by atoms with van der Waals surface area (Å²) in [6, 6.07) is 9.25. The lowest BCUT2D eigenvalue weighted by Crippen LogP contribution is -2.51. The first kappa shape index (κ1) is 19.8. The monoisotopic (exact) mass is 418 g/mol. The molecule has 0 radical (unpaired) electrons. The molecule has 7 heteroatoms. The van der Waals surface area contributed by atoms with E-state index >= 15 is 0 Å². The molecule has 1 aromatic heterocycles. The van der Waals surface area contributed by atoms with E-state index in [1.54, 1.807) is 12.1 Å². The number of fused-ring (bicyclic) bond motifs is 4. The zero-order valence-corrected chi connectivity index (χ0v) is 16.7. The van der Waals surface area contributed by atoms with Gasteiger partial charge in [-0.3, -0.25) is 9.69 Å². The van der Waals surface area contributed by atoms with Crippen molar-refractivity contribution >= 4 is 0 Å². The second kappa shape index (κ2) is 7.54. The van der Waals surface area contributed by atoms with E-state index in [1.807, 2.05) is 10.6 Å². The van der Waals surface area contributed by atoms with E-state index in [1.165, 1.54) is 6.07 Å². The summed E-state index contributed by atoms with van der Waals surface area (Å²) in [6.45, 7) is 4.17. The smallest absolute Gasteiger partial charge is 0.381 e. The Morgan fingerprint density at radius 1 is 1.00 bits per heavy atom. The zero-order chi connectivity index (χ0) is 20.9. The van der Waals surface area contributed by atoms with Gasteiger partial charge in [0.25, 0.3) is 5.56 Å². The second-order valence-electron chi connectivity index (χ2n) is 8.76. The highest BCUT2D eigenvalue weighted by molar-refractivity contribution is 5.63. The average Bonchev–Trinajstić information content (AvgIpc) is 2.74. The number of piperidine rings is 1. The van der Waals surface area contributed by atoms with Gasteiger partial charge in [-0.25, -0.2) is 0 Å². The normalized spacial score (nSPS) is 25.2. The predicted octanol–water partition coefficient (Wildman–Crippen LogP) is 4.13. The van der Waals surface area contributed by atoms with Crippen molar-refractivity contribution in [2.75, 3.05) is 26.3 Å². The number of hydrogen-bond acceptors (Lipinski definition) is 3. The second-order valence-corrected chi connectivity index (χ2v) is 8.76. The van der Waals surface area contributed by atoms with E-state index in [9.17, 15) is 18.0 Å². The first-order chi connectivity index (χ1) is 14.4. The molecule has 2 aromatic rings. The summed E-state index contributed by atoms with van der Waals surface area (Å²) in [7, 11) is 0. The van der Waals surface area contributed by atoms with Crippen molar-refractivity contribution in [1.82, 2.24) is 9.47 Å². The Kier molecular flexibility index (Phi) is 4.98. The lowest BCUT2D eigenvalue weighted by Gasteiger charge is -2.46. The molecule has 0 aliphatic carbocycles. The standard InChI is InChI=1S/C23H25F3N2O2/c24-23(25,26)18-3-1-2-16(11-18)20-4-5-21-17-10-15(13-28(21)22(20)29)12-27(14-17)19-6-8-30-9-7-19/h1-5,11,15,17,19H,6-10,12-14H2. The van der Waals surface area contributed by atoms with Crippen molar-refractivity contribution in [3.8, 4) is 11.1 Å². The van der Waals surface area contributed by atoms with E-state index in [-0.39, 0.29) is 5.56 Å². The molecule has 4 heterocycles. The predicted molar refractivity (Wildman–Crippen MR) is 107 cm³/mol. The molecular weight excluding hydrogens is 393 g/mol. The molecule has 160 valence electrons. The highest BCUT2D eigenvalue weighted by Gasteiger charge is 2.38. The van der Waals surface area contributed by atoms with Gasteiger partial charge < -0.3 is 9.30 Å². The fraction of sp³-hybridized carbons (Fsp3) is 0.522. The Morgan fingerprint density at radius 2 is 1.80 bits per heavy atom. The Balaban J connectivity index is 1.46. The molecule has 2 atom stereocenters. The molecule has 0 amide bonds. The Bertz CT molecular complexity index is 995. The molecule has 30 heavy (non-hydrogen) atoms. The third kappa shape index (κ3) is 3.58. The fourth-order valence-electron chi connectivity index (χ4n) is 5.41. The number of likely N-dealkylation sites (tertiary alicyclic amines) is 1. The van der Waals surface area contributed by atoms with Crippen LogP contribution in [0.1, 0.15) is 36.4 Å². The summed E-state index contributed by atoms with van der Waals surface area (Å²) < 4.78 is 46.6. The Labute approximate surface area is 173 Å². The van der Waals surface area contributed by atoms with Crippen LogP contribution in [0.3, 0.4) is 0 Å². The van der Waals surface area contributed by atoms with Crippen molar-refractivity contribution in [2.45, 2.75) is 43.9 Å². The Hall–Kier alpha value is -2.12. The highest BCUT2D eigenvalue weighted by atomic mass is 19.4. The van der Waals surface area contributed by atoms with E-state index in [0.29, 0.717) is 35.5 Å². The molecule has 0 spiro atoms. The van der Waals surface area contributed by atoms with Crippen molar-refractivity contribution in [3.63, 3.8) is 0 Å². The molecule has 5 rings (SSSR count).